The Morgan fingerprint density at radius 2 is 1.39 bits per heavy atom. The lowest BCUT2D eigenvalue weighted by Crippen LogP contribution is -2.48. The second-order valence-corrected chi connectivity index (χ2v) is 5.27. The van der Waals surface area contributed by atoms with Crippen LogP contribution in [0.2, 0.25) is 0 Å². The summed E-state index contributed by atoms with van der Waals surface area (Å²) in [6.07, 6.45) is 0. The summed E-state index contributed by atoms with van der Waals surface area (Å²) in [6.45, 7) is 9.99. The van der Waals surface area contributed by atoms with E-state index in [1.165, 1.54) is 0 Å². The van der Waals surface area contributed by atoms with Crippen molar-refractivity contribution in [2.75, 3.05) is 14.2 Å². The van der Waals surface area contributed by atoms with Gasteiger partial charge in [0.05, 0.1) is 11.2 Å². The maximum Gasteiger partial charge on any atom is 0.115 e. The maximum absolute atomic E-state index is 8.81. The lowest BCUT2D eigenvalue weighted by atomic mass is 9.89. The van der Waals surface area contributed by atoms with Crippen molar-refractivity contribution in [3.05, 3.63) is 29.8 Å². The molecule has 0 aliphatic carbocycles. The Morgan fingerprint density at radius 1 is 0.944 bits per heavy atom. The molecule has 0 aliphatic rings. The fourth-order valence-electron chi connectivity index (χ4n) is 1.12. The van der Waals surface area contributed by atoms with Gasteiger partial charge in [0.1, 0.15) is 5.75 Å². The zero-order valence-electron chi connectivity index (χ0n) is 12.6. The van der Waals surface area contributed by atoms with E-state index in [1.54, 1.807) is 26.4 Å². The van der Waals surface area contributed by atoms with Crippen LogP contribution in [0.25, 0.3) is 0 Å². The van der Waals surface area contributed by atoms with Crippen LogP contribution in [0.4, 0.5) is 0 Å². The van der Waals surface area contributed by atoms with Gasteiger partial charge >= 0.3 is 0 Å². The first kappa shape index (κ1) is 16.9. The SMILES string of the molecule is COC(C)(C)C(C)(C)OC.Cc1cccc(O)c1. The first-order chi connectivity index (χ1) is 8.16. The molecule has 1 N–H and O–H groups in total. The molecular weight excluding hydrogens is 228 g/mol. The molecule has 1 aromatic carbocycles. The van der Waals surface area contributed by atoms with Crippen LogP contribution in [0.3, 0.4) is 0 Å². The predicted octanol–water partition coefficient (Wildman–Crippen LogP) is 3.54. The Morgan fingerprint density at radius 3 is 1.61 bits per heavy atom. The van der Waals surface area contributed by atoms with Crippen LogP contribution >= 0.6 is 0 Å². The first-order valence-corrected chi connectivity index (χ1v) is 6.02. The van der Waals surface area contributed by atoms with Crippen LogP contribution in [0.1, 0.15) is 33.3 Å². The Labute approximate surface area is 111 Å². The minimum absolute atomic E-state index is 0.234. The van der Waals surface area contributed by atoms with E-state index in [0.717, 1.165) is 5.56 Å². The summed E-state index contributed by atoms with van der Waals surface area (Å²) in [7, 11) is 3.39. The van der Waals surface area contributed by atoms with Crippen molar-refractivity contribution in [1.82, 2.24) is 0 Å². The molecule has 0 aliphatic heterocycles. The second-order valence-electron chi connectivity index (χ2n) is 5.27. The minimum Gasteiger partial charge on any atom is -0.508 e. The molecule has 1 aromatic rings. The Kier molecular flexibility index (Phi) is 6.36. The Balaban J connectivity index is 0.000000327. The minimum atomic E-state index is -0.234. The number of hydrogen-bond acceptors (Lipinski definition) is 3. The van der Waals surface area contributed by atoms with Gasteiger partial charge in [0.2, 0.25) is 0 Å². The first-order valence-electron chi connectivity index (χ1n) is 6.02. The summed E-state index contributed by atoms with van der Waals surface area (Å²) in [4.78, 5) is 0. The van der Waals surface area contributed by atoms with Crippen molar-refractivity contribution in [2.45, 2.75) is 45.8 Å². The summed E-state index contributed by atoms with van der Waals surface area (Å²) in [5.41, 5.74) is 0.619. The summed E-state index contributed by atoms with van der Waals surface area (Å²) < 4.78 is 10.5. The molecule has 3 heteroatoms. The summed E-state index contributed by atoms with van der Waals surface area (Å²) in [6, 6.07) is 7.15. The lowest BCUT2D eigenvalue weighted by molar-refractivity contribution is -0.147. The number of ether oxygens (including phenoxy) is 2. The average Bonchev–Trinajstić information content (AvgIpc) is 2.29. The number of phenols is 1. The fraction of sp³-hybridized carbons (Fsp3) is 0.600. The standard InChI is InChI=1S/C8H18O2.C7H8O/c1-7(2,9-5)8(3,4)10-6;1-6-3-2-4-7(8)5-6/h1-6H3;2-5,8H,1H3. The van der Waals surface area contributed by atoms with Gasteiger partial charge in [-0.2, -0.15) is 0 Å². The van der Waals surface area contributed by atoms with E-state index in [-0.39, 0.29) is 11.2 Å². The number of aryl methyl sites for hydroxylation is 1. The number of aromatic hydroxyl groups is 1. The van der Waals surface area contributed by atoms with Crippen molar-refractivity contribution in [3.63, 3.8) is 0 Å². The van der Waals surface area contributed by atoms with Gasteiger partial charge in [0.25, 0.3) is 0 Å². The molecule has 0 spiro atoms. The molecule has 0 heterocycles. The van der Waals surface area contributed by atoms with Gasteiger partial charge in [-0.1, -0.05) is 12.1 Å². The van der Waals surface area contributed by atoms with Crippen LogP contribution in [-0.4, -0.2) is 30.5 Å². The highest BCUT2D eigenvalue weighted by Gasteiger charge is 2.36. The highest BCUT2D eigenvalue weighted by atomic mass is 16.5. The number of hydrogen-bond donors (Lipinski definition) is 1. The highest BCUT2D eigenvalue weighted by Crippen LogP contribution is 2.27. The highest BCUT2D eigenvalue weighted by molar-refractivity contribution is 5.25. The third-order valence-electron chi connectivity index (χ3n) is 3.47. The summed E-state index contributed by atoms with van der Waals surface area (Å²) in [5, 5.41) is 8.81. The average molecular weight is 254 g/mol. The quantitative estimate of drug-likeness (QED) is 0.896. The Bertz CT molecular complexity index is 325. The predicted molar refractivity (Wildman–Crippen MR) is 75.0 cm³/mol. The van der Waals surface area contributed by atoms with E-state index >= 15 is 0 Å². The van der Waals surface area contributed by atoms with Gasteiger partial charge in [-0.25, -0.2) is 0 Å². The van der Waals surface area contributed by atoms with E-state index < -0.39 is 0 Å². The van der Waals surface area contributed by atoms with Crippen molar-refractivity contribution in [3.8, 4) is 5.75 Å². The molecule has 0 saturated heterocycles. The van der Waals surface area contributed by atoms with E-state index in [0.29, 0.717) is 5.75 Å². The molecule has 0 atom stereocenters. The van der Waals surface area contributed by atoms with E-state index in [4.69, 9.17) is 14.6 Å². The molecule has 0 saturated carbocycles. The zero-order valence-corrected chi connectivity index (χ0v) is 12.6. The normalized spacial score (nSPS) is 11.7. The van der Waals surface area contributed by atoms with Crippen molar-refractivity contribution in [2.24, 2.45) is 0 Å². The smallest absolute Gasteiger partial charge is 0.115 e. The van der Waals surface area contributed by atoms with Crippen LogP contribution < -0.4 is 0 Å². The molecule has 0 bridgehead atoms. The molecule has 0 unspecified atom stereocenters. The topological polar surface area (TPSA) is 38.7 Å². The number of phenolic OH excluding ortho intramolecular Hbond substituents is 1. The van der Waals surface area contributed by atoms with Gasteiger partial charge < -0.3 is 14.6 Å². The molecule has 0 fully saturated rings. The van der Waals surface area contributed by atoms with Gasteiger partial charge in [-0.05, 0) is 52.3 Å². The van der Waals surface area contributed by atoms with Crippen LogP contribution in [0.5, 0.6) is 5.75 Å². The molecular formula is C15H26O3. The van der Waals surface area contributed by atoms with Gasteiger partial charge in [0.15, 0.2) is 0 Å². The summed E-state index contributed by atoms with van der Waals surface area (Å²) in [5.74, 6) is 0.338. The number of rotatable bonds is 3. The van der Waals surface area contributed by atoms with Gasteiger partial charge in [-0.3, -0.25) is 0 Å². The molecule has 0 amide bonds. The fourth-order valence-corrected chi connectivity index (χ4v) is 1.12. The molecule has 0 radical (unpaired) electrons. The van der Waals surface area contributed by atoms with Crippen LogP contribution in [-0.2, 0) is 9.47 Å². The maximum atomic E-state index is 8.81. The van der Waals surface area contributed by atoms with Crippen LogP contribution in [0, 0.1) is 6.92 Å². The number of methoxy groups -OCH3 is 2. The van der Waals surface area contributed by atoms with Crippen LogP contribution in [0.15, 0.2) is 24.3 Å². The van der Waals surface area contributed by atoms with Gasteiger partial charge in [-0.15, -0.1) is 0 Å². The van der Waals surface area contributed by atoms with E-state index in [2.05, 4.69) is 0 Å². The van der Waals surface area contributed by atoms with Crippen molar-refractivity contribution >= 4 is 0 Å². The van der Waals surface area contributed by atoms with E-state index in [1.807, 2.05) is 46.8 Å². The number of benzene rings is 1. The molecule has 0 aromatic heterocycles. The molecule has 104 valence electrons. The molecule has 1 rings (SSSR count). The van der Waals surface area contributed by atoms with Crippen molar-refractivity contribution in [1.29, 1.82) is 0 Å². The third kappa shape index (κ3) is 5.07. The second kappa shape index (κ2) is 6.76. The lowest BCUT2D eigenvalue weighted by Gasteiger charge is -2.38. The zero-order chi connectivity index (χ0) is 14.4. The van der Waals surface area contributed by atoms with Crippen molar-refractivity contribution < 1.29 is 14.6 Å². The van der Waals surface area contributed by atoms with Gasteiger partial charge in [0, 0.05) is 14.2 Å². The summed E-state index contributed by atoms with van der Waals surface area (Å²) >= 11 is 0. The van der Waals surface area contributed by atoms with E-state index in [9.17, 15) is 0 Å². The monoisotopic (exact) mass is 254 g/mol. The molecule has 18 heavy (non-hydrogen) atoms. The largest absolute Gasteiger partial charge is 0.508 e. The Hall–Kier alpha value is -1.06. The third-order valence-corrected chi connectivity index (χ3v) is 3.47. The molecule has 3 nitrogen and oxygen atoms in total.